The Labute approximate surface area is 126 Å². The summed E-state index contributed by atoms with van der Waals surface area (Å²) in [6, 6.07) is 4.81. The van der Waals surface area contributed by atoms with Crippen LogP contribution in [0.5, 0.6) is 0 Å². The van der Waals surface area contributed by atoms with E-state index in [2.05, 4.69) is 26.1 Å². The third-order valence-electron chi connectivity index (χ3n) is 4.36. The number of nitrogens with one attached hydrogen (secondary N) is 1. The molecule has 2 atom stereocenters. The first-order valence-electron chi connectivity index (χ1n) is 7.63. The van der Waals surface area contributed by atoms with Gasteiger partial charge in [-0.1, -0.05) is 20.8 Å². The van der Waals surface area contributed by atoms with Gasteiger partial charge >= 0.3 is 5.97 Å². The number of carboxylic acid groups (broad SMARTS) is 1. The molecule has 116 valence electrons. The lowest BCUT2D eigenvalue weighted by atomic mass is 9.68. The van der Waals surface area contributed by atoms with Crippen LogP contribution in [0.3, 0.4) is 0 Å². The van der Waals surface area contributed by atoms with Crippen molar-refractivity contribution in [2.24, 2.45) is 17.3 Å². The number of benzene rings is 1. The number of aromatic carboxylic acids is 1. The minimum atomic E-state index is -0.925. The highest BCUT2D eigenvalue weighted by atomic mass is 16.4. The van der Waals surface area contributed by atoms with Gasteiger partial charge in [-0.25, -0.2) is 4.79 Å². The van der Waals surface area contributed by atoms with Gasteiger partial charge in [0, 0.05) is 6.54 Å². The van der Waals surface area contributed by atoms with E-state index in [4.69, 9.17) is 10.8 Å². The van der Waals surface area contributed by atoms with Crippen LogP contribution in [0, 0.1) is 17.3 Å². The van der Waals surface area contributed by atoms with Crippen LogP contribution in [0.15, 0.2) is 18.2 Å². The molecule has 1 aromatic carbocycles. The average Bonchev–Trinajstić information content (AvgIpc) is 2.35. The molecule has 0 unspecified atom stereocenters. The fraction of sp³-hybridized carbons (Fsp3) is 0.588. The zero-order chi connectivity index (χ0) is 15.6. The molecular formula is C17H26N2O2. The fourth-order valence-corrected chi connectivity index (χ4v) is 3.80. The quantitative estimate of drug-likeness (QED) is 0.736. The Kier molecular flexibility index (Phi) is 4.45. The highest BCUT2D eigenvalue weighted by Crippen LogP contribution is 2.41. The van der Waals surface area contributed by atoms with E-state index in [0.717, 1.165) is 18.2 Å². The van der Waals surface area contributed by atoms with Crippen LogP contribution in [0.25, 0.3) is 0 Å². The first-order valence-corrected chi connectivity index (χ1v) is 7.63. The van der Waals surface area contributed by atoms with Crippen molar-refractivity contribution < 1.29 is 9.90 Å². The van der Waals surface area contributed by atoms with Crippen LogP contribution in [-0.2, 0) is 0 Å². The van der Waals surface area contributed by atoms with E-state index in [9.17, 15) is 4.79 Å². The predicted octanol–water partition coefficient (Wildman–Crippen LogP) is 3.84. The van der Waals surface area contributed by atoms with Gasteiger partial charge in [-0.05, 0) is 54.7 Å². The van der Waals surface area contributed by atoms with Crippen molar-refractivity contribution >= 4 is 17.3 Å². The van der Waals surface area contributed by atoms with Gasteiger partial charge in [0.25, 0.3) is 0 Å². The SMILES string of the molecule is C[C@H]1C[C@H](CNc2cc(C(=O)O)ccc2N)CC(C)(C)C1. The van der Waals surface area contributed by atoms with Crippen molar-refractivity contribution in [1.29, 1.82) is 0 Å². The molecule has 0 saturated heterocycles. The first-order chi connectivity index (χ1) is 9.77. The standard InChI is InChI=1S/C17H26N2O2/c1-11-6-12(9-17(2,3)8-11)10-19-15-7-13(16(20)21)4-5-14(15)18/h4-5,7,11-12,19H,6,8-10,18H2,1-3H3,(H,20,21)/t11-,12-/m0/s1. The average molecular weight is 290 g/mol. The van der Waals surface area contributed by atoms with Gasteiger partial charge in [0.2, 0.25) is 0 Å². The molecule has 1 saturated carbocycles. The molecule has 0 spiro atoms. The number of carbonyl (C=O) groups is 1. The summed E-state index contributed by atoms with van der Waals surface area (Å²) in [5.41, 5.74) is 7.91. The van der Waals surface area contributed by atoms with E-state index in [1.807, 2.05) is 0 Å². The monoisotopic (exact) mass is 290 g/mol. The van der Waals surface area contributed by atoms with E-state index < -0.39 is 5.97 Å². The summed E-state index contributed by atoms with van der Waals surface area (Å²) >= 11 is 0. The molecule has 1 aliphatic rings. The highest BCUT2D eigenvalue weighted by molar-refractivity contribution is 5.90. The Hall–Kier alpha value is -1.71. The van der Waals surface area contributed by atoms with Crippen LogP contribution in [0.2, 0.25) is 0 Å². The molecule has 4 heteroatoms. The summed E-state index contributed by atoms with van der Waals surface area (Å²) in [6.07, 6.45) is 3.69. The Balaban J connectivity index is 2.02. The molecule has 0 bridgehead atoms. The van der Waals surface area contributed by atoms with E-state index in [-0.39, 0.29) is 5.56 Å². The van der Waals surface area contributed by atoms with Crippen LogP contribution >= 0.6 is 0 Å². The molecule has 1 aliphatic carbocycles. The van der Waals surface area contributed by atoms with E-state index >= 15 is 0 Å². The normalized spacial score (nSPS) is 24.5. The highest BCUT2D eigenvalue weighted by Gasteiger charge is 2.31. The predicted molar refractivity (Wildman–Crippen MR) is 86.6 cm³/mol. The number of carboxylic acids is 1. The fourth-order valence-electron chi connectivity index (χ4n) is 3.80. The number of nitrogen functional groups attached to an aromatic ring is 1. The van der Waals surface area contributed by atoms with Crippen LogP contribution < -0.4 is 11.1 Å². The molecule has 0 aromatic heterocycles. The lowest BCUT2D eigenvalue weighted by molar-refractivity contribution is 0.0697. The molecule has 0 aliphatic heterocycles. The van der Waals surface area contributed by atoms with Crippen molar-refractivity contribution in [2.45, 2.75) is 40.0 Å². The van der Waals surface area contributed by atoms with Crippen molar-refractivity contribution in [2.75, 3.05) is 17.6 Å². The molecule has 1 aromatic rings. The van der Waals surface area contributed by atoms with Crippen molar-refractivity contribution in [1.82, 2.24) is 0 Å². The molecule has 0 radical (unpaired) electrons. The third-order valence-corrected chi connectivity index (χ3v) is 4.36. The first kappa shape index (κ1) is 15.7. The number of hydrogen-bond donors (Lipinski definition) is 3. The lowest BCUT2D eigenvalue weighted by Crippen LogP contribution is -2.31. The second-order valence-corrected chi connectivity index (χ2v) is 7.27. The van der Waals surface area contributed by atoms with E-state index in [0.29, 0.717) is 17.0 Å². The van der Waals surface area contributed by atoms with Gasteiger partial charge in [0.1, 0.15) is 0 Å². The third kappa shape index (κ3) is 4.13. The Bertz CT molecular complexity index is 526. The van der Waals surface area contributed by atoms with E-state index in [1.165, 1.54) is 25.3 Å². The van der Waals surface area contributed by atoms with Crippen LogP contribution in [0.4, 0.5) is 11.4 Å². The second kappa shape index (κ2) is 5.96. The minimum absolute atomic E-state index is 0.268. The molecule has 0 amide bonds. The van der Waals surface area contributed by atoms with Gasteiger partial charge in [0.15, 0.2) is 0 Å². The largest absolute Gasteiger partial charge is 0.478 e. The molecule has 4 N–H and O–H groups in total. The number of hydrogen-bond acceptors (Lipinski definition) is 3. The van der Waals surface area contributed by atoms with Gasteiger partial charge in [-0.15, -0.1) is 0 Å². The smallest absolute Gasteiger partial charge is 0.335 e. The van der Waals surface area contributed by atoms with Gasteiger partial charge in [-0.3, -0.25) is 0 Å². The Morgan fingerprint density at radius 1 is 1.43 bits per heavy atom. The van der Waals surface area contributed by atoms with Gasteiger partial charge < -0.3 is 16.2 Å². The van der Waals surface area contributed by atoms with Gasteiger partial charge in [0.05, 0.1) is 16.9 Å². The summed E-state index contributed by atoms with van der Waals surface area (Å²) in [5, 5.41) is 12.4. The Morgan fingerprint density at radius 2 is 2.14 bits per heavy atom. The summed E-state index contributed by atoms with van der Waals surface area (Å²) in [6.45, 7) is 7.82. The van der Waals surface area contributed by atoms with Gasteiger partial charge in [-0.2, -0.15) is 0 Å². The zero-order valence-corrected chi connectivity index (χ0v) is 13.1. The zero-order valence-electron chi connectivity index (χ0n) is 13.1. The van der Waals surface area contributed by atoms with Crippen LogP contribution in [-0.4, -0.2) is 17.6 Å². The summed E-state index contributed by atoms with van der Waals surface area (Å²) in [4.78, 5) is 11.0. The summed E-state index contributed by atoms with van der Waals surface area (Å²) in [7, 11) is 0. The molecule has 1 fully saturated rings. The van der Waals surface area contributed by atoms with Crippen molar-refractivity contribution in [3.63, 3.8) is 0 Å². The maximum atomic E-state index is 11.0. The maximum absolute atomic E-state index is 11.0. The molecule has 4 nitrogen and oxygen atoms in total. The summed E-state index contributed by atoms with van der Waals surface area (Å²) < 4.78 is 0. The summed E-state index contributed by atoms with van der Waals surface area (Å²) in [5.74, 6) is 0.422. The molecular weight excluding hydrogens is 264 g/mol. The second-order valence-electron chi connectivity index (χ2n) is 7.27. The maximum Gasteiger partial charge on any atom is 0.335 e. The molecule has 0 heterocycles. The number of anilines is 2. The van der Waals surface area contributed by atoms with Crippen molar-refractivity contribution in [3.8, 4) is 0 Å². The molecule has 21 heavy (non-hydrogen) atoms. The lowest BCUT2D eigenvalue weighted by Gasteiger charge is -2.39. The molecule has 2 rings (SSSR count). The number of nitrogens with two attached hydrogens (primary N) is 1. The topological polar surface area (TPSA) is 75.3 Å². The Morgan fingerprint density at radius 3 is 2.76 bits per heavy atom. The minimum Gasteiger partial charge on any atom is -0.478 e. The number of rotatable bonds is 4. The van der Waals surface area contributed by atoms with Crippen LogP contribution in [0.1, 0.15) is 50.4 Å². The van der Waals surface area contributed by atoms with Crippen molar-refractivity contribution in [3.05, 3.63) is 23.8 Å². The van der Waals surface area contributed by atoms with E-state index in [1.54, 1.807) is 12.1 Å².